The van der Waals surface area contributed by atoms with E-state index in [-0.39, 0.29) is 5.41 Å². The van der Waals surface area contributed by atoms with Gasteiger partial charge in [0.15, 0.2) is 0 Å². The molecule has 0 aliphatic rings. The summed E-state index contributed by atoms with van der Waals surface area (Å²) < 4.78 is 0. The Labute approximate surface area is 130 Å². The predicted octanol–water partition coefficient (Wildman–Crippen LogP) is 4.14. The van der Waals surface area contributed by atoms with Gasteiger partial charge < -0.3 is 10.2 Å². The monoisotopic (exact) mass is 292 g/mol. The van der Waals surface area contributed by atoms with E-state index in [2.05, 4.69) is 65.7 Å². The van der Waals surface area contributed by atoms with E-state index in [1.54, 1.807) is 0 Å². The molecule has 4 heteroatoms. The zero-order chi connectivity index (χ0) is 16.2. The van der Waals surface area contributed by atoms with Crippen LogP contribution in [0.5, 0.6) is 0 Å². The molecule has 1 heterocycles. The van der Waals surface area contributed by atoms with Crippen molar-refractivity contribution in [3.8, 4) is 0 Å². The summed E-state index contributed by atoms with van der Waals surface area (Å²) in [7, 11) is 2.12. The van der Waals surface area contributed by atoms with Crippen LogP contribution >= 0.6 is 0 Å². The molecule has 120 valence electrons. The Morgan fingerprint density at radius 2 is 1.81 bits per heavy atom. The molecule has 0 saturated carbocycles. The van der Waals surface area contributed by atoms with Gasteiger partial charge in [0.1, 0.15) is 17.5 Å². The maximum Gasteiger partial charge on any atom is 0.138 e. The summed E-state index contributed by atoms with van der Waals surface area (Å²) in [5.74, 6) is 2.92. The van der Waals surface area contributed by atoms with Crippen LogP contribution in [-0.4, -0.2) is 29.6 Å². The van der Waals surface area contributed by atoms with Crippen molar-refractivity contribution in [3.05, 3.63) is 11.4 Å². The van der Waals surface area contributed by atoms with Gasteiger partial charge in [0, 0.05) is 30.6 Å². The molecule has 1 N–H and O–H groups in total. The Hall–Kier alpha value is -1.32. The molecule has 1 rings (SSSR count). The second-order valence-electron chi connectivity index (χ2n) is 6.89. The second-order valence-corrected chi connectivity index (χ2v) is 6.89. The van der Waals surface area contributed by atoms with Crippen LogP contribution in [-0.2, 0) is 5.41 Å². The van der Waals surface area contributed by atoms with Crippen molar-refractivity contribution < 1.29 is 0 Å². The van der Waals surface area contributed by atoms with E-state index in [9.17, 15) is 0 Å². The number of aromatic nitrogens is 2. The average molecular weight is 292 g/mol. The average Bonchev–Trinajstić information content (AvgIpc) is 2.43. The Morgan fingerprint density at radius 3 is 2.29 bits per heavy atom. The van der Waals surface area contributed by atoms with Crippen LogP contribution in [0.4, 0.5) is 11.6 Å². The molecule has 1 aromatic rings. The number of rotatable bonds is 6. The lowest BCUT2D eigenvalue weighted by Gasteiger charge is -2.29. The minimum Gasteiger partial charge on any atom is -0.370 e. The molecule has 0 amide bonds. The largest absolute Gasteiger partial charge is 0.370 e. The number of anilines is 2. The van der Waals surface area contributed by atoms with Crippen LogP contribution < -0.4 is 10.2 Å². The van der Waals surface area contributed by atoms with Crippen LogP contribution in [0.1, 0.15) is 65.8 Å². The molecule has 21 heavy (non-hydrogen) atoms. The fourth-order valence-electron chi connectivity index (χ4n) is 2.08. The lowest BCUT2D eigenvalue weighted by molar-refractivity contribution is 0.541. The number of nitrogens with one attached hydrogen (secondary N) is 1. The summed E-state index contributed by atoms with van der Waals surface area (Å²) in [6.07, 6.45) is 2.19. The van der Waals surface area contributed by atoms with Crippen LogP contribution in [0.25, 0.3) is 0 Å². The molecule has 0 aliphatic carbocycles. The number of nitrogens with zero attached hydrogens (tertiary/aromatic N) is 3. The summed E-state index contributed by atoms with van der Waals surface area (Å²) in [5, 5.41) is 3.45. The quantitative estimate of drug-likeness (QED) is 0.855. The summed E-state index contributed by atoms with van der Waals surface area (Å²) in [4.78, 5) is 11.9. The molecule has 0 aliphatic heterocycles. The Bertz CT molecular complexity index is 463. The first kappa shape index (κ1) is 17.7. The van der Waals surface area contributed by atoms with Crippen LogP contribution in [0.2, 0.25) is 0 Å². The Balaban J connectivity index is 3.33. The Kier molecular flexibility index (Phi) is 5.99. The van der Waals surface area contributed by atoms with Gasteiger partial charge in [-0.3, -0.25) is 0 Å². The zero-order valence-electron chi connectivity index (χ0n) is 15.0. The topological polar surface area (TPSA) is 41.1 Å². The standard InChI is InChI=1S/C17H32N4/c1-9-11-18-14-13(4)15(21(8)12(3)10-2)20-16(19-14)17(5,6)7/h12H,9-11H2,1-8H3,(H,18,19,20). The normalized spacial score (nSPS) is 13.1. The summed E-state index contributed by atoms with van der Waals surface area (Å²) in [5.41, 5.74) is 1.08. The molecule has 0 saturated heterocycles. The van der Waals surface area contributed by atoms with Gasteiger partial charge in [0.25, 0.3) is 0 Å². The number of hydrogen-bond donors (Lipinski definition) is 1. The van der Waals surface area contributed by atoms with Crippen molar-refractivity contribution in [2.45, 2.75) is 72.8 Å². The van der Waals surface area contributed by atoms with E-state index in [0.29, 0.717) is 6.04 Å². The fraction of sp³-hybridized carbons (Fsp3) is 0.765. The van der Waals surface area contributed by atoms with Crippen molar-refractivity contribution in [2.75, 3.05) is 23.8 Å². The molecule has 0 fully saturated rings. The molecule has 1 atom stereocenters. The highest BCUT2D eigenvalue weighted by molar-refractivity contribution is 5.59. The zero-order valence-corrected chi connectivity index (χ0v) is 15.0. The van der Waals surface area contributed by atoms with Gasteiger partial charge in [0.05, 0.1) is 0 Å². The molecule has 1 aromatic heterocycles. The molecule has 0 radical (unpaired) electrons. The van der Waals surface area contributed by atoms with Crippen molar-refractivity contribution in [1.29, 1.82) is 0 Å². The third-order valence-electron chi connectivity index (χ3n) is 3.92. The first-order valence-electron chi connectivity index (χ1n) is 8.08. The van der Waals surface area contributed by atoms with Crippen LogP contribution in [0.15, 0.2) is 0 Å². The minimum atomic E-state index is -0.0542. The van der Waals surface area contributed by atoms with Gasteiger partial charge in [-0.2, -0.15) is 0 Å². The highest BCUT2D eigenvalue weighted by atomic mass is 15.2. The summed E-state index contributed by atoms with van der Waals surface area (Å²) in [6, 6.07) is 0.463. The van der Waals surface area contributed by atoms with Crippen molar-refractivity contribution in [1.82, 2.24) is 9.97 Å². The molecule has 4 nitrogen and oxygen atoms in total. The number of hydrogen-bond acceptors (Lipinski definition) is 4. The van der Waals surface area contributed by atoms with E-state index in [1.807, 2.05) is 0 Å². The maximum absolute atomic E-state index is 4.86. The van der Waals surface area contributed by atoms with Gasteiger partial charge in [0.2, 0.25) is 0 Å². The van der Waals surface area contributed by atoms with E-state index >= 15 is 0 Å². The summed E-state index contributed by atoms with van der Waals surface area (Å²) >= 11 is 0. The van der Waals surface area contributed by atoms with E-state index in [4.69, 9.17) is 9.97 Å². The molecular formula is C17H32N4. The van der Waals surface area contributed by atoms with Crippen molar-refractivity contribution in [2.24, 2.45) is 0 Å². The smallest absolute Gasteiger partial charge is 0.138 e. The minimum absolute atomic E-state index is 0.0542. The SMILES string of the molecule is CCCNc1nc(C(C)(C)C)nc(N(C)C(C)CC)c1C. The van der Waals surface area contributed by atoms with Crippen LogP contribution in [0.3, 0.4) is 0 Å². The van der Waals surface area contributed by atoms with Gasteiger partial charge in [-0.15, -0.1) is 0 Å². The fourth-order valence-corrected chi connectivity index (χ4v) is 2.08. The Morgan fingerprint density at radius 1 is 1.19 bits per heavy atom. The molecular weight excluding hydrogens is 260 g/mol. The van der Waals surface area contributed by atoms with Crippen LogP contribution in [0, 0.1) is 6.92 Å². The summed E-state index contributed by atoms with van der Waals surface area (Å²) in [6.45, 7) is 16.1. The molecule has 0 spiro atoms. The molecule has 0 aromatic carbocycles. The molecule has 0 bridgehead atoms. The maximum atomic E-state index is 4.86. The second kappa shape index (κ2) is 7.10. The highest BCUT2D eigenvalue weighted by Crippen LogP contribution is 2.29. The van der Waals surface area contributed by atoms with E-state index in [0.717, 1.165) is 42.4 Å². The third kappa shape index (κ3) is 4.32. The van der Waals surface area contributed by atoms with E-state index in [1.165, 1.54) is 0 Å². The van der Waals surface area contributed by atoms with Gasteiger partial charge in [-0.05, 0) is 26.7 Å². The lowest BCUT2D eigenvalue weighted by Crippen LogP contribution is -2.31. The van der Waals surface area contributed by atoms with Gasteiger partial charge >= 0.3 is 0 Å². The first-order chi connectivity index (χ1) is 9.72. The molecule has 1 unspecified atom stereocenters. The lowest BCUT2D eigenvalue weighted by atomic mass is 9.95. The van der Waals surface area contributed by atoms with Gasteiger partial charge in [-0.25, -0.2) is 9.97 Å². The van der Waals surface area contributed by atoms with E-state index < -0.39 is 0 Å². The predicted molar refractivity (Wildman–Crippen MR) is 92.4 cm³/mol. The van der Waals surface area contributed by atoms with Crippen molar-refractivity contribution in [3.63, 3.8) is 0 Å². The highest BCUT2D eigenvalue weighted by Gasteiger charge is 2.23. The third-order valence-corrected chi connectivity index (χ3v) is 3.92. The van der Waals surface area contributed by atoms with Crippen molar-refractivity contribution >= 4 is 11.6 Å². The van der Waals surface area contributed by atoms with Gasteiger partial charge in [-0.1, -0.05) is 34.6 Å². The first-order valence-corrected chi connectivity index (χ1v) is 8.08.